The summed E-state index contributed by atoms with van der Waals surface area (Å²) < 4.78 is 0. The summed E-state index contributed by atoms with van der Waals surface area (Å²) in [5.74, 6) is -0.961. The fourth-order valence-corrected chi connectivity index (χ4v) is 1.88. The Bertz CT molecular complexity index is 611. The molecule has 3 N–H and O–H groups in total. The van der Waals surface area contributed by atoms with Gasteiger partial charge in [0.1, 0.15) is 0 Å². The Morgan fingerprint density at radius 2 is 1.95 bits per heavy atom. The van der Waals surface area contributed by atoms with Crippen LogP contribution in [0.15, 0.2) is 36.5 Å². The summed E-state index contributed by atoms with van der Waals surface area (Å²) in [5.41, 5.74) is 3.10. The Balaban J connectivity index is 2.62. The second-order valence-electron chi connectivity index (χ2n) is 3.97. The van der Waals surface area contributed by atoms with E-state index in [1.54, 1.807) is 44.6 Å². The minimum Gasteiger partial charge on any atom is -0.478 e. The maximum absolute atomic E-state index is 11.3. The number of carboxylic acids is 1. The van der Waals surface area contributed by atoms with Crippen molar-refractivity contribution in [3.05, 3.63) is 42.1 Å². The molecule has 0 fully saturated rings. The van der Waals surface area contributed by atoms with Crippen LogP contribution in [-0.2, 0) is 0 Å². The number of nitrogens with zero attached hydrogens (tertiary/aromatic N) is 1. The van der Waals surface area contributed by atoms with E-state index in [9.17, 15) is 9.90 Å². The number of aromatic carboxylic acids is 1. The van der Waals surface area contributed by atoms with Crippen molar-refractivity contribution >= 4 is 17.3 Å². The van der Waals surface area contributed by atoms with E-state index in [1.807, 2.05) is 6.07 Å². The molecule has 0 atom stereocenters. The zero-order chi connectivity index (χ0) is 13.8. The lowest BCUT2D eigenvalue weighted by Crippen LogP contribution is -2.03. The molecule has 1 aromatic carbocycles. The highest BCUT2D eigenvalue weighted by molar-refractivity contribution is 5.97. The summed E-state index contributed by atoms with van der Waals surface area (Å²) in [6, 6.07) is 8.72. The van der Waals surface area contributed by atoms with E-state index < -0.39 is 5.97 Å². The molecule has 0 radical (unpaired) electrons. The Morgan fingerprint density at radius 1 is 1.21 bits per heavy atom. The van der Waals surface area contributed by atoms with E-state index in [1.165, 1.54) is 0 Å². The van der Waals surface area contributed by atoms with Crippen LogP contribution in [0.5, 0.6) is 0 Å². The van der Waals surface area contributed by atoms with E-state index in [2.05, 4.69) is 15.6 Å². The molecule has 0 aliphatic carbocycles. The quantitative estimate of drug-likeness (QED) is 0.784. The zero-order valence-electron chi connectivity index (χ0n) is 10.8. The smallest absolute Gasteiger partial charge is 0.336 e. The molecule has 5 nitrogen and oxygen atoms in total. The molecule has 0 saturated carbocycles. The van der Waals surface area contributed by atoms with Gasteiger partial charge in [0.05, 0.1) is 28.8 Å². The summed E-state index contributed by atoms with van der Waals surface area (Å²) >= 11 is 0. The van der Waals surface area contributed by atoms with E-state index in [-0.39, 0.29) is 5.56 Å². The first kappa shape index (κ1) is 12.9. The van der Waals surface area contributed by atoms with E-state index >= 15 is 0 Å². The highest BCUT2D eigenvalue weighted by Gasteiger charge is 2.15. The average Bonchev–Trinajstić information content (AvgIpc) is 2.46. The molecule has 0 spiro atoms. The molecule has 0 saturated heterocycles. The van der Waals surface area contributed by atoms with Crippen LogP contribution in [-0.4, -0.2) is 30.2 Å². The third kappa shape index (κ3) is 2.49. The second kappa shape index (κ2) is 5.39. The SMILES string of the molecule is CNc1cnc(-c2ccccc2C(=O)O)c(NC)c1. The largest absolute Gasteiger partial charge is 0.478 e. The average molecular weight is 257 g/mol. The standard InChI is InChI=1S/C14H15N3O2/c1-15-9-7-12(16-2)13(17-8-9)10-5-3-4-6-11(10)14(18)19/h3-8,15-16H,1-2H3,(H,18,19). The first-order chi connectivity index (χ1) is 9.17. The van der Waals surface area contributed by atoms with Gasteiger partial charge in [-0.25, -0.2) is 4.79 Å². The molecule has 0 aliphatic rings. The predicted molar refractivity (Wildman–Crippen MR) is 75.7 cm³/mol. The molecule has 5 heteroatoms. The van der Waals surface area contributed by atoms with Gasteiger partial charge < -0.3 is 15.7 Å². The van der Waals surface area contributed by atoms with Gasteiger partial charge in [0.25, 0.3) is 0 Å². The van der Waals surface area contributed by atoms with E-state index in [0.717, 1.165) is 11.4 Å². The normalized spacial score (nSPS) is 10.0. The van der Waals surface area contributed by atoms with Crippen molar-refractivity contribution in [3.63, 3.8) is 0 Å². The number of carbonyl (C=O) groups is 1. The number of rotatable bonds is 4. The van der Waals surface area contributed by atoms with Crippen molar-refractivity contribution in [2.24, 2.45) is 0 Å². The van der Waals surface area contributed by atoms with Crippen molar-refractivity contribution < 1.29 is 9.90 Å². The van der Waals surface area contributed by atoms with E-state index in [4.69, 9.17) is 0 Å². The number of benzene rings is 1. The van der Waals surface area contributed by atoms with Crippen LogP contribution in [0.25, 0.3) is 11.3 Å². The maximum Gasteiger partial charge on any atom is 0.336 e. The van der Waals surface area contributed by atoms with Gasteiger partial charge in [0.2, 0.25) is 0 Å². The van der Waals surface area contributed by atoms with Gasteiger partial charge in [-0.2, -0.15) is 0 Å². The third-order valence-corrected chi connectivity index (χ3v) is 2.86. The van der Waals surface area contributed by atoms with Crippen molar-refractivity contribution in [3.8, 4) is 11.3 Å². The van der Waals surface area contributed by atoms with Crippen LogP contribution >= 0.6 is 0 Å². The fraction of sp³-hybridized carbons (Fsp3) is 0.143. The molecule has 2 rings (SSSR count). The van der Waals surface area contributed by atoms with Crippen LogP contribution < -0.4 is 10.6 Å². The maximum atomic E-state index is 11.3. The van der Waals surface area contributed by atoms with Crippen LogP contribution in [0.2, 0.25) is 0 Å². The monoisotopic (exact) mass is 257 g/mol. The van der Waals surface area contributed by atoms with Crippen LogP contribution in [0.4, 0.5) is 11.4 Å². The number of hydrogen-bond acceptors (Lipinski definition) is 4. The van der Waals surface area contributed by atoms with Crippen molar-refractivity contribution in [2.75, 3.05) is 24.7 Å². The lowest BCUT2D eigenvalue weighted by Gasteiger charge is -2.12. The van der Waals surface area contributed by atoms with Gasteiger partial charge in [-0.1, -0.05) is 18.2 Å². The molecule has 2 aromatic rings. The van der Waals surface area contributed by atoms with Crippen molar-refractivity contribution in [1.29, 1.82) is 0 Å². The van der Waals surface area contributed by atoms with Gasteiger partial charge in [0.15, 0.2) is 0 Å². The van der Waals surface area contributed by atoms with Crippen molar-refractivity contribution in [1.82, 2.24) is 4.98 Å². The molecular weight excluding hydrogens is 242 g/mol. The first-order valence-corrected chi connectivity index (χ1v) is 5.85. The van der Waals surface area contributed by atoms with Gasteiger partial charge in [-0.15, -0.1) is 0 Å². The minimum absolute atomic E-state index is 0.240. The Labute approximate surface area is 111 Å². The molecule has 0 aliphatic heterocycles. The zero-order valence-corrected chi connectivity index (χ0v) is 10.8. The molecule has 0 amide bonds. The van der Waals surface area contributed by atoms with Crippen molar-refractivity contribution in [2.45, 2.75) is 0 Å². The minimum atomic E-state index is -0.961. The fourth-order valence-electron chi connectivity index (χ4n) is 1.88. The summed E-state index contributed by atoms with van der Waals surface area (Å²) in [6.45, 7) is 0. The van der Waals surface area contributed by atoms with Crippen LogP contribution in [0.3, 0.4) is 0 Å². The number of anilines is 2. The third-order valence-electron chi connectivity index (χ3n) is 2.86. The summed E-state index contributed by atoms with van der Waals surface area (Å²) in [6.07, 6.45) is 1.68. The lowest BCUT2D eigenvalue weighted by molar-refractivity contribution is 0.0697. The number of aromatic nitrogens is 1. The Morgan fingerprint density at radius 3 is 2.58 bits per heavy atom. The number of pyridine rings is 1. The lowest BCUT2D eigenvalue weighted by atomic mass is 10.0. The summed E-state index contributed by atoms with van der Waals surface area (Å²) in [4.78, 5) is 15.6. The van der Waals surface area contributed by atoms with Crippen LogP contribution in [0, 0.1) is 0 Å². The number of carboxylic acid groups (broad SMARTS) is 1. The highest BCUT2D eigenvalue weighted by Crippen LogP contribution is 2.30. The molecular formula is C14H15N3O2. The van der Waals surface area contributed by atoms with E-state index in [0.29, 0.717) is 11.3 Å². The van der Waals surface area contributed by atoms with Gasteiger partial charge in [-0.05, 0) is 12.1 Å². The Kier molecular flexibility index (Phi) is 3.66. The molecule has 1 aromatic heterocycles. The predicted octanol–water partition coefficient (Wildman–Crippen LogP) is 2.53. The summed E-state index contributed by atoms with van der Waals surface area (Å²) in [5, 5.41) is 15.3. The number of hydrogen-bond donors (Lipinski definition) is 3. The topological polar surface area (TPSA) is 74.2 Å². The van der Waals surface area contributed by atoms with Gasteiger partial charge in [0, 0.05) is 19.7 Å². The number of nitrogens with one attached hydrogen (secondary N) is 2. The van der Waals surface area contributed by atoms with Gasteiger partial charge >= 0.3 is 5.97 Å². The molecule has 98 valence electrons. The first-order valence-electron chi connectivity index (χ1n) is 5.85. The summed E-state index contributed by atoms with van der Waals surface area (Å²) in [7, 11) is 3.59. The molecule has 19 heavy (non-hydrogen) atoms. The Hall–Kier alpha value is -2.56. The highest BCUT2D eigenvalue weighted by atomic mass is 16.4. The van der Waals surface area contributed by atoms with Crippen LogP contribution in [0.1, 0.15) is 10.4 Å². The molecule has 0 bridgehead atoms. The molecule has 1 heterocycles. The van der Waals surface area contributed by atoms with Gasteiger partial charge in [-0.3, -0.25) is 4.98 Å². The second-order valence-corrected chi connectivity index (χ2v) is 3.97. The molecule has 0 unspecified atom stereocenters.